The Bertz CT molecular complexity index is 1140. The van der Waals surface area contributed by atoms with Crippen LogP contribution in [0.5, 0.6) is 11.5 Å². The Labute approximate surface area is 184 Å². The van der Waals surface area contributed by atoms with Crippen LogP contribution >= 0.6 is 11.3 Å². The standard InChI is InChI=1S/C23H22N2O5S/c1-14-24-18(13-31-14)15-7-8-19-16(11-15)9-10-25(19)21(26)12-30-23(27)17-5-4-6-20(28-2)22(17)29-3/h4-8,11,13H,9-10,12H2,1-3H3. The molecule has 0 atom stereocenters. The van der Waals surface area contributed by atoms with Gasteiger partial charge in [-0.2, -0.15) is 0 Å². The smallest absolute Gasteiger partial charge is 0.342 e. The molecule has 1 aromatic heterocycles. The van der Waals surface area contributed by atoms with Gasteiger partial charge in [-0.15, -0.1) is 11.3 Å². The number of para-hydroxylation sites is 1. The van der Waals surface area contributed by atoms with Gasteiger partial charge in [0.05, 0.1) is 24.9 Å². The number of carbonyl (C=O) groups is 2. The summed E-state index contributed by atoms with van der Waals surface area (Å²) in [6.07, 6.45) is 0.746. The number of anilines is 1. The lowest BCUT2D eigenvalue weighted by Gasteiger charge is -2.18. The fourth-order valence-electron chi connectivity index (χ4n) is 3.65. The third-order valence-corrected chi connectivity index (χ3v) is 5.91. The van der Waals surface area contributed by atoms with Crippen molar-refractivity contribution >= 4 is 28.9 Å². The van der Waals surface area contributed by atoms with Crippen molar-refractivity contribution in [2.75, 3.05) is 32.3 Å². The lowest BCUT2D eigenvalue weighted by molar-refractivity contribution is -0.121. The molecule has 0 aliphatic carbocycles. The van der Waals surface area contributed by atoms with Crippen molar-refractivity contribution < 1.29 is 23.8 Å². The molecule has 0 saturated carbocycles. The summed E-state index contributed by atoms with van der Waals surface area (Å²) in [5, 5.41) is 3.04. The molecule has 4 rings (SSSR count). The minimum atomic E-state index is -0.641. The molecule has 1 amide bonds. The van der Waals surface area contributed by atoms with Crippen LogP contribution in [-0.2, 0) is 16.0 Å². The van der Waals surface area contributed by atoms with Gasteiger partial charge in [-0.25, -0.2) is 9.78 Å². The molecule has 0 spiro atoms. The van der Waals surface area contributed by atoms with Gasteiger partial charge in [-0.05, 0) is 43.2 Å². The molecule has 0 fully saturated rings. The average Bonchev–Trinajstić information content (AvgIpc) is 3.42. The van der Waals surface area contributed by atoms with Crippen molar-refractivity contribution in [1.29, 1.82) is 0 Å². The SMILES string of the molecule is COc1cccc(C(=O)OCC(=O)N2CCc3cc(-c4csc(C)n4)ccc32)c1OC. The molecular formula is C23H22N2O5S. The van der Waals surface area contributed by atoms with E-state index in [9.17, 15) is 9.59 Å². The first-order valence-electron chi connectivity index (χ1n) is 9.75. The normalized spacial score (nSPS) is 12.4. The van der Waals surface area contributed by atoms with Gasteiger partial charge in [0.2, 0.25) is 0 Å². The Kier molecular flexibility index (Phi) is 5.90. The highest BCUT2D eigenvalue weighted by molar-refractivity contribution is 7.09. The van der Waals surface area contributed by atoms with Gasteiger partial charge in [0.15, 0.2) is 18.1 Å². The van der Waals surface area contributed by atoms with Crippen molar-refractivity contribution in [3.8, 4) is 22.8 Å². The van der Waals surface area contributed by atoms with E-state index in [1.807, 2.05) is 24.4 Å². The van der Waals surface area contributed by atoms with Crippen molar-refractivity contribution in [1.82, 2.24) is 4.98 Å². The number of esters is 1. The number of aryl methyl sites for hydroxylation is 1. The highest BCUT2D eigenvalue weighted by atomic mass is 32.1. The molecule has 31 heavy (non-hydrogen) atoms. The second-order valence-corrected chi connectivity index (χ2v) is 8.07. The first-order chi connectivity index (χ1) is 15.0. The fourth-order valence-corrected chi connectivity index (χ4v) is 4.27. The Morgan fingerprint density at radius 3 is 2.71 bits per heavy atom. The van der Waals surface area contributed by atoms with Crippen LogP contribution in [-0.4, -0.2) is 44.2 Å². The summed E-state index contributed by atoms with van der Waals surface area (Å²) >= 11 is 1.61. The predicted molar refractivity (Wildman–Crippen MR) is 118 cm³/mol. The van der Waals surface area contributed by atoms with E-state index < -0.39 is 5.97 Å². The lowest BCUT2D eigenvalue weighted by atomic mass is 10.1. The number of methoxy groups -OCH3 is 2. The maximum absolute atomic E-state index is 12.8. The molecule has 0 saturated heterocycles. The zero-order valence-electron chi connectivity index (χ0n) is 17.5. The number of ether oxygens (including phenoxy) is 3. The molecule has 2 aromatic carbocycles. The van der Waals surface area contributed by atoms with E-state index in [0.717, 1.165) is 33.9 Å². The Balaban J connectivity index is 1.45. The quantitative estimate of drug-likeness (QED) is 0.544. The molecule has 1 aliphatic rings. The van der Waals surface area contributed by atoms with Crippen LogP contribution in [0.25, 0.3) is 11.3 Å². The second-order valence-electron chi connectivity index (χ2n) is 7.01. The maximum atomic E-state index is 12.8. The van der Waals surface area contributed by atoms with E-state index >= 15 is 0 Å². The van der Waals surface area contributed by atoms with Gasteiger partial charge >= 0.3 is 5.97 Å². The number of amides is 1. The largest absolute Gasteiger partial charge is 0.493 e. The molecule has 7 nitrogen and oxygen atoms in total. The molecule has 0 unspecified atom stereocenters. The average molecular weight is 439 g/mol. The topological polar surface area (TPSA) is 78.0 Å². The molecule has 160 valence electrons. The summed E-state index contributed by atoms with van der Waals surface area (Å²) in [6, 6.07) is 10.9. The van der Waals surface area contributed by atoms with Gasteiger partial charge in [0.25, 0.3) is 5.91 Å². The van der Waals surface area contributed by atoms with Gasteiger partial charge in [0.1, 0.15) is 5.56 Å². The summed E-state index contributed by atoms with van der Waals surface area (Å²) in [7, 11) is 2.93. The van der Waals surface area contributed by atoms with Crippen LogP contribution in [0.3, 0.4) is 0 Å². The highest BCUT2D eigenvalue weighted by Gasteiger charge is 2.27. The zero-order chi connectivity index (χ0) is 22.0. The number of thiazole rings is 1. The number of fused-ring (bicyclic) bond motifs is 1. The van der Waals surface area contributed by atoms with Gasteiger partial charge in [-0.3, -0.25) is 4.79 Å². The fraction of sp³-hybridized carbons (Fsp3) is 0.261. The van der Waals surface area contributed by atoms with Crippen molar-refractivity contribution in [3.05, 3.63) is 57.9 Å². The van der Waals surface area contributed by atoms with Crippen molar-refractivity contribution in [3.63, 3.8) is 0 Å². The van der Waals surface area contributed by atoms with Gasteiger partial charge < -0.3 is 19.1 Å². The molecule has 0 N–H and O–H groups in total. The number of hydrogen-bond acceptors (Lipinski definition) is 7. The van der Waals surface area contributed by atoms with Crippen LogP contribution in [0.2, 0.25) is 0 Å². The molecule has 2 heterocycles. The summed E-state index contributed by atoms with van der Waals surface area (Å²) in [5.41, 5.74) is 4.11. The number of rotatable bonds is 6. The molecule has 1 aliphatic heterocycles. The highest BCUT2D eigenvalue weighted by Crippen LogP contribution is 2.33. The molecule has 0 bridgehead atoms. The predicted octanol–water partition coefficient (Wildman–Crippen LogP) is 3.88. The monoisotopic (exact) mass is 438 g/mol. The number of carbonyl (C=O) groups excluding carboxylic acids is 2. The molecule has 8 heteroatoms. The first-order valence-corrected chi connectivity index (χ1v) is 10.6. The van der Waals surface area contributed by atoms with Crippen molar-refractivity contribution in [2.24, 2.45) is 0 Å². The summed E-state index contributed by atoms with van der Waals surface area (Å²) < 4.78 is 15.8. The minimum absolute atomic E-state index is 0.208. The molecule has 0 radical (unpaired) electrons. The molecular weight excluding hydrogens is 416 g/mol. The maximum Gasteiger partial charge on any atom is 0.342 e. The van der Waals surface area contributed by atoms with E-state index in [0.29, 0.717) is 12.3 Å². The van der Waals surface area contributed by atoms with Crippen molar-refractivity contribution in [2.45, 2.75) is 13.3 Å². The van der Waals surface area contributed by atoms with E-state index in [2.05, 4.69) is 11.1 Å². The minimum Gasteiger partial charge on any atom is -0.493 e. The first kappa shape index (κ1) is 20.9. The Hall–Kier alpha value is -3.39. The number of aromatic nitrogens is 1. The van der Waals surface area contributed by atoms with E-state index in [4.69, 9.17) is 14.2 Å². The Morgan fingerprint density at radius 2 is 2.00 bits per heavy atom. The Morgan fingerprint density at radius 1 is 1.16 bits per heavy atom. The van der Waals surface area contributed by atoms with Crippen LogP contribution in [0.1, 0.15) is 20.9 Å². The summed E-state index contributed by atoms with van der Waals surface area (Å²) in [6.45, 7) is 2.17. The zero-order valence-corrected chi connectivity index (χ0v) is 18.3. The number of benzene rings is 2. The number of hydrogen-bond donors (Lipinski definition) is 0. The second kappa shape index (κ2) is 8.77. The van der Waals surface area contributed by atoms with Crippen LogP contribution in [0.15, 0.2) is 41.8 Å². The van der Waals surface area contributed by atoms with E-state index in [-0.39, 0.29) is 23.8 Å². The molecule has 3 aromatic rings. The van der Waals surface area contributed by atoms with Crippen LogP contribution in [0, 0.1) is 6.92 Å². The van der Waals surface area contributed by atoms with Gasteiger partial charge in [0, 0.05) is 23.2 Å². The summed E-state index contributed by atoms with van der Waals surface area (Å²) in [5.74, 6) is -0.217. The lowest BCUT2D eigenvalue weighted by Crippen LogP contribution is -2.33. The summed E-state index contributed by atoms with van der Waals surface area (Å²) in [4.78, 5) is 31.5. The number of nitrogens with zero attached hydrogens (tertiary/aromatic N) is 2. The van der Waals surface area contributed by atoms with E-state index in [1.165, 1.54) is 14.2 Å². The van der Waals surface area contributed by atoms with Crippen LogP contribution in [0.4, 0.5) is 5.69 Å². The van der Waals surface area contributed by atoms with E-state index in [1.54, 1.807) is 34.4 Å². The third kappa shape index (κ3) is 4.11. The third-order valence-electron chi connectivity index (χ3n) is 5.14. The van der Waals surface area contributed by atoms with Crippen LogP contribution < -0.4 is 14.4 Å². The van der Waals surface area contributed by atoms with Gasteiger partial charge in [-0.1, -0.05) is 12.1 Å².